The number of anilines is 2. The first kappa shape index (κ1) is 22.5. The quantitative estimate of drug-likeness (QED) is 0.530. The lowest BCUT2D eigenvalue weighted by atomic mass is 10.1. The van der Waals surface area contributed by atoms with Crippen molar-refractivity contribution in [2.45, 2.75) is 26.3 Å². The van der Waals surface area contributed by atoms with E-state index in [0.717, 1.165) is 54.0 Å². The van der Waals surface area contributed by atoms with Gasteiger partial charge in [0.25, 0.3) is 5.91 Å². The molecule has 0 N–H and O–H groups in total. The maximum atomic E-state index is 13.6. The van der Waals surface area contributed by atoms with Gasteiger partial charge in [-0.05, 0) is 48.7 Å². The zero-order valence-corrected chi connectivity index (χ0v) is 20.4. The van der Waals surface area contributed by atoms with Gasteiger partial charge >= 0.3 is 0 Å². The highest BCUT2D eigenvalue weighted by Crippen LogP contribution is 2.30. The summed E-state index contributed by atoms with van der Waals surface area (Å²) in [5, 5.41) is 0.753. The second kappa shape index (κ2) is 9.51. The van der Waals surface area contributed by atoms with E-state index in [1.165, 1.54) is 11.3 Å². The Hall–Kier alpha value is -3.31. The van der Waals surface area contributed by atoms with Crippen molar-refractivity contribution in [2.75, 3.05) is 36.0 Å². The summed E-state index contributed by atoms with van der Waals surface area (Å²) in [5.74, 6) is 0.809. The number of aryl methyl sites for hydroxylation is 2. The first-order valence-electron chi connectivity index (χ1n) is 11.8. The van der Waals surface area contributed by atoms with E-state index in [2.05, 4.69) is 34.9 Å². The Labute approximate surface area is 206 Å². The van der Waals surface area contributed by atoms with E-state index in [9.17, 15) is 4.79 Å². The van der Waals surface area contributed by atoms with E-state index in [4.69, 9.17) is 16.6 Å². The predicted molar refractivity (Wildman–Crippen MR) is 140 cm³/mol. The van der Waals surface area contributed by atoms with Crippen LogP contribution in [0.2, 0.25) is 5.02 Å². The third kappa shape index (κ3) is 4.40. The molecule has 0 saturated carbocycles. The van der Waals surface area contributed by atoms with Crippen LogP contribution in [0.1, 0.15) is 16.7 Å². The van der Waals surface area contributed by atoms with Gasteiger partial charge in [0.15, 0.2) is 0 Å². The number of nitrogens with zero attached hydrogens (tertiary/aromatic N) is 4. The van der Waals surface area contributed by atoms with Gasteiger partial charge in [-0.15, -0.1) is 0 Å². The molecule has 0 aromatic heterocycles. The van der Waals surface area contributed by atoms with Crippen LogP contribution in [0.15, 0.2) is 77.8 Å². The number of piperazine rings is 1. The first-order valence-corrected chi connectivity index (χ1v) is 12.2. The molecular weight excluding hydrogens is 444 g/mol. The summed E-state index contributed by atoms with van der Waals surface area (Å²) < 4.78 is 0. The second-order valence-electron chi connectivity index (χ2n) is 9.00. The third-order valence-corrected chi connectivity index (χ3v) is 6.91. The number of carbonyl (C=O) groups excluding carboxylic acids is 1. The number of carbonyl (C=O) groups is 1. The fourth-order valence-electron chi connectivity index (χ4n) is 4.80. The molecule has 2 aliphatic heterocycles. The van der Waals surface area contributed by atoms with Crippen molar-refractivity contribution in [3.8, 4) is 0 Å². The Morgan fingerprint density at radius 3 is 2.21 bits per heavy atom. The standard InChI is InChI=1S/C28H29ClN4O/c1-20-8-6-7-11-25(20)33-27(34)24(18-22-9-4-3-5-10-22)30-28(33)32-16-14-31(15-17-32)26-19-23(29)13-12-21(26)2/h3-13,19,24H,14-18H2,1-2H3. The average molecular weight is 473 g/mol. The van der Waals surface area contributed by atoms with Gasteiger partial charge in [0.1, 0.15) is 6.04 Å². The van der Waals surface area contributed by atoms with Gasteiger partial charge in [0.05, 0.1) is 5.69 Å². The molecule has 0 bridgehead atoms. The first-order chi connectivity index (χ1) is 16.5. The summed E-state index contributed by atoms with van der Waals surface area (Å²) in [5.41, 5.74) is 5.49. The highest BCUT2D eigenvalue weighted by molar-refractivity contribution is 6.30. The van der Waals surface area contributed by atoms with E-state index in [1.807, 2.05) is 66.4 Å². The minimum Gasteiger partial charge on any atom is -0.368 e. The van der Waals surface area contributed by atoms with E-state index in [1.54, 1.807) is 0 Å². The van der Waals surface area contributed by atoms with Crippen LogP contribution < -0.4 is 9.80 Å². The summed E-state index contributed by atoms with van der Waals surface area (Å²) in [4.78, 5) is 25.1. The SMILES string of the molecule is Cc1ccc(Cl)cc1N1CCN(C2=NC(Cc3ccccc3)C(=O)N2c2ccccc2C)CC1. The minimum atomic E-state index is -0.412. The number of halogens is 1. The second-order valence-corrected chi connectivity index (χ2v) is 9.44. The van der Waals surface area contributed by atoms with Crippen molar-refractivity contribution < 1.29 is 4.79 Å². The number of benzene rings is 3. The molecule has 0 radical (unpaired) electrons. The Morgan fingerprint density at radius 2 is 1.47 bits per heavy atom. The zero-order valence-electron chi connectivity index (χ0n) is 19.6. The fourth-order valence-corrected chi connectivity index (χ4v) is 4.97. The average Bonchev–Trinajstić information content (AvgIpc) is 3.17. The lowest BCUT2D eigenvalue weighted by Gasteiger charge is -2.39. The lowest BCUT2D eigenvalue weighted by Crippen LogP contribution is -2.53. The van der Waals surface area contributed by atoms with Crippen LogP contribution in [0.4, 0.5) is 11.4 Å². The summed E-state index contributed by atoms with van der Waals surface area (Å²) in [6, 6.07) is 23.8. The molecular formula is C28H29ClN4O. The van der Waals surface area contributed by atoms with E-state index in [0.29, 0.717) is 6.42 Å². The van der Waals surface area contributed by atoms with Gasteiger partial charge in [0, 0.05) is 43.3 Å². The number of rotatable bonds is 4. The van der Waals surface area contributed by atoms with Crippen LogP contribution >= 0.6 is 11.6 Å². The van der Waals surface area contributed by atoms with Crippen molar-refractivity contribution in [3.05, 3.63) is 94.5 Å². The number of guanidine groups is 1. The Kier molecular flexibility index (Phi) is 6.29. The van der Waals surface area contributed by atoms with Gasteiger partial charge in [-0.3, -0.25) is 4.79 Å². The maximum absolute atomic E-state index is 13.6. The zero-order chi connectivity index (χ0) is 23.7. The molecule has 3 aromatic carbocycles. The molecule has 5 nitrogen and oxygen atoms in total. The van der Waals surface area contributed by atoms with Gasteiger partial charge in [-0.2, -0.15) is 0 Å². The molecule has 1 atom stereocenters. The van der Waals surface area contributed by atoms with Gasteiger partial charge in [-0.1, -0.05) is 66.2 Å². The minimum absolute atomic E-state index is 0.0428. The van der Waals surface area contributed by atoms with Crippen molar-refractivity contribution in [2.24, 2.45) is 4.99 Å². The highest BCUT2D eigenvalue weighted by atomic mass is 35.5. The molecule has 174 valence electrons. The van der Waals surface area contributed by atoms with Crippen LogP contribution in [-0.2, 0) is 11.2 Å². The van der Waals surface area contributed by atoms with Crippen molar-refractivity contribution in [1.29, 1.82) is 0 Å². The molecule has 1 unspecified atom stereocenters. The molecule has 1 amide bonds. The summed E-state index contributed by atoms with van der Waals surface area (Å²) in [6.07, 6.45) is 0.604. The molecule has 1 fully saturated rings. The van der Waals surface area contributed by atoms with Crippen LogP contribution in [0, 0.1) is 13.8 Å². The van der Waals surface area contributed by atoms with E-state index >= 15 is 0 Å². The summed E-state index contributed by atoms with van der Waals surface area (Å²) in [6.45, 7) is 7.44. The topological polar surface area (TPSA) is 39.1 Å². The number of para-hydroxylation sites is 1. The molecule has 3 aromatic rings. The Balaban J connectivity index is 1.41. The molecule has 0 spiro atoms. The summed E-state index contributed by atoms with van der Waals surface area (Å²) in [7, 11) is 0. The Morgan fingerprint density at radius 1 is 0.824 bits per heavy atom. The van der Waals surface area contributed by atoms with Crippen molar-refractivity contribution in [3.63, 3.8) is 0 Å². The van der Waals surface area contributed by atoms with Crippen LogP contribution in [0.3, 0.4) is 0 Å². The smallest absolute Gasteiger partial charge is 0.259 e. The number of aliphatic imine (C=N–C) groups is 1. The van der Waals surface area contributed by atoms with Crippen molar-refractivity contribution >= 4 is 34.8 Å². The fraction of sp³-hybridized carbons (Fsp3) is 0.286. The van der Waals surface area contributed by atoms with Crippen molar-refractivity contribution in [1.82, 2.24) is 4.90 Å². The molecule has 2 aliphatic rings. The maximum Gasteiger partial charge on any atom is 0.259 e. The van der Waals surface area contributed by atoms with Crippen LogP contribution in [0.5, 0.6) is 0 Å². The molecule has 2 heterocycles. The highest BCUT2D eigenvalue weighted by Gasteiger charge is 2.39. The molecule has 6 heteroatoms. The number of hydrogen-bond donors (Lipinski definition) is 0. The monoisotopic (exact) mass is 472 g/mol. The van der Waals surface area contributed by atoms with E-state index in [-0.39, 0.29) is 5.91 Å². The molecule has 0 aliphatic carbocycles. The predicted octanol–water partition coefficient (Wildman–Crippen LogP) is 5.09. The third-order valence-electron chi connectivity index (χ3n) is 6.68. The van der Waals surface area contributed by atoms with Gasteiger partial charge in [-0.25, -0.2) is 9.89 Å². The largest absolute Gasteiger partial charge is 0.368 e. The van der Waals surface area contributed by atoms with Crippen LogP contribution in [0.25, 0.3) is 0 Å². The lowest BCUT2D eigenvalue weighted by molar-refractivity contribution is -0.118. The van der Waals surface area contributed by atoms with Gasteiger partial charge < -0.3 is 9.80 Å². The van der Waals surface area contributed by atoms with Crippen LogP contribution in [-0.4, -0.2) is 49.0 Å². The molecule has 34 heavy (non-hydrogen) atoms. The number of hydrogen-bond acceptors (Lipinski definition) is 4. The number of amides is 1. The summed E-state index contributed by atoms with van der Waals surface area (Å²) >= 11 is 6.27. The van der Waals surface area contributed by atoms with Gasteiger partial charge in [0.2, 0.25) is 5.96 Å². The molecule has 1 saturated heterocycles. The van der Waals surface area contributed by atoms with E-state index < -0.39 is 6.04 Å². The normalized spacial score (nSPS) is 18.4. The Bertz CT molecular complexity index is 1220. The molecule has 5 rings (SSSR count).